The van der Waals surface area contributed by atoms with Crippen LogP contribution in [0.15, 0.2) is 35.1 Å². The molecule has 0 amide bonds. The lowest BCUT2D eigenvalue weighted by Gasteiger charge is -2.41. The zero-order chi connectivity index (χ0) is 49.8. The minimum atomic E-state index is -1.34. The van der Waals surface area contributed by atoms with Crippen LogP contribution in [0, 0.1) is 44.0 Å². The van der Waals surface area contributed by atoms with Gasteiger partial charge >= 0.3 is 0 Å². The van der Waals surface area contributed by atoms with Gasteiger partial charge in [-0.1, -0.05) is 64.1 Å². The first-order chi connectivity index (χ1) is 32.5. The lowest BCUT2D eigenvalue weighted by molar-refractivity contribution is -0.273. The van der Waals surface area contributed by atoms with E-state index in [-0.39, 0.29) is 64.5 Å². The summed E-state index contributed by atoms with van der Waals surface area (Å²) < 4.78 is 47.8. The number of hydrogen-bond acceptors (Lipinski definition) is 20. The molecule has 0 aromatic heterocycles. The fraction of sp³-hybridized carbons (Fsp3) is 0.625. The summed E-state index contributed by atoms with van der Waals surface area (Å²) in [6.07, 6.45) is 1.59. The van der Waals surface area contributed by atoms with E-state index in [1.807, 2.05) is 19.9 Å². The predicted octanol–water partition coefficient (Wildman–Crippen LogP) is 4.03. The number of aliphatic hydroxyl groups excluding tert-OH is 4. The van der Waals surface area contributed by atoms with Gasteiger partial charge in [0.05, 0.1) is 62.5 Å². The Morgan fingerprint density at radius 3 is 2.31 bits per heavy atom. The van der Waals surface area contributed by atoms with E-state index in [9.17, 15) is 30.0 Å². The number of benzene rings is 1. The number of aliphatic hydroxyl groups is 4. The molecule has 0 saturated carbocycles. The van der Waals surface area contributed by atoms with Gasteiger partial charge in [-0.15, -0.1) is 6.42 Å². The number of methoxy groups -OCH3 is 3. The van der Waals surface area contributed by atoms with Crippen molar-refractivity contribution in [1.82, 2.24) is 5.48 Å². The summed E-state index contributed by atoms with van der Waals surface area (Å²) in [4.78, 5) is 33.2. The van der Waals surface area contributed by atoms with E-state index >= 15 is 0 Å². The largest absolute Gasteiger partial charge is 0.492 e. The number of ketones is 1. The van der Waals surface area contributed by atoms with Crippen molar-refractivity contribution in [1.29, 1.82) is 0 Å². The summed E-state index contributed by atoms with van der Waals surface area (Å²) in [6, 6.07) is -0.681. The SMILES string of the molecule is C#C/C=C\C#C[C@H](OC1CC(O)[C@H](NOC2CC[C@H](SC(=O)c3c(C)c(C)c(OC4O[C@@H](C)C(O)[C@@H](OC)[C@H]4O)c(OC)c3OC)C(C)O2)C(C)O1)C1=C(N)C(=O)CC(C)/C1=C/CSSCCO. The van der Waals surface area contributed by atoms with Gasteiger partial charge < -0.3 is 64.1 Å². The molecule has 8 unspecified atom stereocenters. The van der Waals surface area contributed by atoms with Gasteiger partial charge in [0.25, 0.3) is 0 Å². The molecule has 7 N–H and O–H groups in total. The van der Waals surface area contributed by atoms with Gasteiger partial charge in [-0.2, -0.15) is 5.48 Å². The maximum atomic E-state index is 14.1. The molecule has 17 nitrogen and oxygen atoms in total. The second kappa shape index (κ2) is 26.2. The molecule has 14 atom stereocenters. The molecule has 376 valence electrons. The maximum Gasteiger partial charge on any atom is 0.229 e. The third kappa shape index (κ3) is 13.4. The van der Waals surface area contributed by atoms with Crippen LogP contribution >= 0.6 is 33.3 Å². The fourth-order valence-electron chi connectivity index (χ4n) is 8.47. The van der Waals surface area contributed by atoms with Gasteiger partial charge in [0, 0.05) is 48.7 Å². The Kier molecular flexibility index (Phi) is 21.5. The van der Waals surface area contributed by atoms with Crippen LogP contribution in [0.2, 0.25) is 0 Å². The summed E-state index contributed by atoms with van der Waals surface area (Å²) in [5.41, 5.74) is 12.2. The molecule has 3 heterocycles. The third-order valence-electron chi connectivity index (χ3n) is 12.3. The molecule has 3 saturated heterocycles. The third-order valence-corrected chi connectivity index (χ3v) is 15.9. The monoisotopic (exact) mass is 1010 g/mol. The number of hydroxylamine groups is 1. The van der Waals surface area contributed by atoms with Crippen molar-refractivity contribution in [2.45, 2.75) is 146 Å². The molecule has 20 heteroatoms. The van der Waals surface area contributed by atoms with Crippen LogP contribution in [0.1, 0.15) is 74.9 Å². The molecule has 68 heavy (non-hydrogen) atoms. The summed E-state index contributed by atoms with van der Waals surface area (Å²) in [6.45, 7) is 10.8. The molecular weight excluding hydrogens is 941 g/mol. The van der Waals surface area contributed by atoms with Gasteiger partial charge in [0.2, 0.25) is 17.2 Å². The van der Waals surface area contributed by atoms with Crippen LogP contribution in [0.25, 0.3) is 0 Å². The van der Waals surface area contributed by atoms with E-state index in [0.717, 1.165) is 17.3 Å². The number of Topliss-reactive ketones (excluding diaryl/α,β-unsaturated/α-hetero) is 1. The average Bonchev–Trinajstić information content (AvgIpc) is 3.30. The Morgan fingerprint density at radius 1 is 0.941 bits per heavy atom. The van der Waals surface area contributed by atoms with Crippen molar-refractivity contribution in [3.8, 4) is 41.4 Å². The molecule has 3 fully saturated rings. The van der Waals surface area contributed by atoms with Crippen molar-refractivity contribution in [3.63, 3.8) is 0 Å². The first-order valence-corrected chi connectivity index (χ1v) is 25.8. The summed E-state index contributed by atoms with van der Waals surface area (Å²) in [5.74, 6) is 9.64. The number of thioether (sulfide) groups is 1. The number of hydrogen-bond donors (Lipinski definition) is 6. The Balaban J connectivity index is 1.21. The van der Waals surface area contributed by atoms with Crippen LogP contribution in [0.5, 0.6) is 17.2 Å². The number of nitrogens with two attached hydrogens (primary N) is 1. The lowest BCUT2D eigenvalue weighted by Crippen LogP contribution is -2.59. The highest BCUT2D eigenvalue weighted by Crippen LogP contribution is 2.48. The van der Waals surface area contributed by atoms with Crippen LogP contribution in [0.4, 0.5) is 0 Å². The van der Waals surface area contributed by atoms with Crippen molar-refractivity contribution in [2.24, 2.45) is 11.7 Å². The van der Waals surface area contributed by atoms with Gasteiger partial charge in [-0.3, -0.25) is 14.4 Å². The highest BCUT2D eigenvalue weighted by atomic mass is 33.1. The number of carbonyl (C=O) groups excluding carboxylic acids is 2. The normalized spacial score (nSPS) is 32.1. The van der Waals surface area contributed by atoms with Crippen LogP contribution in [0.3, 0.4) is 0 Å². The Hall–Kier alpha value is -3.29. The van der Waals surface area contributed by atoms with Crippen molar-refractivity contribution >= 4 is 44.2 Å². The molecule has 0 radical (unpaired) electrons. The summed E-state index contributed by atoms with van der Waals surface area (Å²) in [5, 5.41) is 41.5. The van der Waals surface area contributed by atoms with E-state index in [0.29, 0.717) is 46.6 Å². The smallest absolute Gasteiger partial charge is 0.229 e. The zero-order valence-corrected chi connectivity index (χ0v) is 42.4. The Bertz CT molecular complexity index is 2110. The second-order valence-corrected chi connectivity index (χ2v) is 20.6. The predicted molar refractivity (Wildman–Crippen MR) is 260 cm³/mol. The second-order valence-electron chi connectivity index (χ2n) is 16.8. The molecule has 5 rings (SSSR count). The number of carbonyl (C=O) groups is 2. The fourth-order valence-corrected chi connectivity index (χ4v) is 11.2. The Morgan fingerprint density at radius 2 is 1.66 bits per heavy atom. The number of rotatable bonds is 18. The van der Waals surface area contributed by atoms with Gasteiger partial charge in [-0.25, -0.2) is 0 Å². The molecular formula is C48H66N2O15S3. The average molecular weight is 1010 g/mol. The van der Waals surface area contributed by atoms with Crippen LogP contribution in [-0.2, 0) is 33.3 Å². The minimum absolute atomic E-state index is 0.0318. The number of ether oxygens (including phenoxy) is 8. The Labute approximate surface area is 411 Å². The first-order valence-electron chi connectivity index (χ1n) is 22.4. The quantitative estimate of drug-likeness (QED) is 0.0527. The summed E-state index contributed by atoms with van der Waals surface area (Å²) >= 11 is 1.11. The standard InChI is InChI=1S/C48H66N2O15S3/c1-11-12-13-14-15-33(38-30(18-20-66-67-21-19-51)24(2)22-31(52)39(38)49)63-36-23-32(53)40(28(6)61-36)50-65-35-17-16-34(27(5)60-35)68-47(56)37-25(3)26(4)43(46(59-10)44(37)57-8)64-48-42(55)45(58-9)41(54)29(7)62-48/h1,12-13,18,24,27-29,32-36,40-42,45,48,50-51,53-55H,16-17,19-23,49H2,2-10H3/b13-12-,30-18-/t24?,27?,28?,29-,32?,33-,34-,35?,36?,40+,41?,42+,45+,48?/m0/s1. The first kappa shape index (κ1) is 55.6. The van der Waals surface area contributed by atoms with E-state index in [1.165, 1.54) is 44.3 Å². The highest BCUT2D eigenvalue weighted by molar-refractivity contribution is 8.76. The molecule has 1 aliphatic carbocycles. The number of allylic oxidation sites excluding steroid dienone is 3. The van der Waals surface area contributed by atoms with E-state index in [4.69, 9.17) is 54.9 Å². The van der Waals surface area contributed by atoms with Gasteiger partial charge in [0.1, 0.15) is 24.4 Å². The van der Waals surface area contributed by atoms with E-state index < -0.39 is 73.7 Å². The van der Waals surface area contributed by atoms with Crippen molar-refractivity contribution in [3.05, 3.63) is 51.8 Å². The molecule has 1 aromatic carbocycles. The van der Waals surface area contributed by atoms with Crippen LogP contribution < -0.4 is 25.4 Å². The lowest BCUT2D eigenvalue weighted by atomic mass is 9.80. The molecule has 4 aliphatic rings. The molecule has 0 bridgehead atoms. The van der Waals surface area contributed by atoms with Gasteiger partial charge in [-0.05, 0) is 75.8 Å². The van der Waals surface area contributed by atoms with E-state index in [1.54, 1.807) is 38.5 Å². The van der Waals surface area contributed by atoms with Crippen LogP contribution in [-0.4, -0.2) is 150 Å². The minimum Gasteiger partial charge on any atom is -0.492 e. The van der Waals surface area contributed by atoms with Crippen molar-refractivity contribution in [2.75, 3.05) is 39.4 Å². The van der Waals surface area contributed by atoms with E-state index in [2.05, 4.69) is 23.2 Å². The maximum absolute atomic E-state index is 14.1. The van der Waals surface area contributed by atoms with Crippen molar-refractivity contribution < 1.29 is 72.7 Å². The molecule has 1 aromatic rings. The summed E-state index contributed by atoms with van der Waals surface area (Å²) in [7, 11) is 7.33. The number of terminal acetylenes is 1. The zero-order valence-electron chi connectivity index (χ0n) is 39.9. The molecule has 0 spiro atoms. The van der Waals surface area contributed by atoms with Gasteiger partial charge in [0.15, 0.2) is 29.9 Å². The molecule has 3 aliphatic heterocycles. The topological polar surface area (TPSA) is 236 Å². The number of nitrogens with one attached hydrogen (secondary N) is 1. The highest BCUT2D eigenvalue weighted by Gasteiger charge is 2.46.